The first-order valence-corrected chi connectivity index (χ1v) is 8.75. The second-order valence-electron chi connectivity index (χ2n) is 5.65. The van der Waals surface area contributed by atoms with Crippen molar-refractivity contribution in [3.8, 4) is 17.2 Å². The molecule has 1 N–H and O–H groups in total. The van der Waals surface area contributed by atoms with Gasteiger partial charge in [0.05, 0.1) is 13.2 Å². The van der Waals surface area contributed by atoms with Gasteiger partial charge in [-0.2, -0.15) is 8.78 Å². The first-order chi connectivity index (χ1) is 13.0. The predicted molar refractivity (Wildman–Crippen MR) is 97.6 cm³/mol. The zero-order valence-electron chi connectivity index (χ0n) is 15.3. The van der Waals surface area contributed by atoms with Crippen LogP contribution in [0.5, 0.6) is 17.2 Å². The van der Waals surface area contributed by atoms with Gasteiger partial charge in [-0.15, -0.1) is 0 Å². The molecule has 0 spiro atoms. The van der Waals surface area contributed by atoms with Gasteiger partial charge in [-0.1, -0.05) is 19.1 Å². The molecular formula is C20H23F2NO4. The smallest absolute Gasteiger partial charge is 0.387 e. The molecule has 0 atom stereocenters. The van der Waals surface area contributed by atoms with E-state index in [-0.39, 0.29) is 18.2 Å². The largest absolute Gasteiger partial charge is 0.490 e. The molecule has 0 heterocycles. The summed E-state index contributed by atoms with van der Waals surface area (Å²) >= 11 is 0. The number of carbonyl (C=O) groups is 1. The van der Waals surface area contributed by atoms with Crippen LogP contribution in [0, 0.1) is 0 Å². The zero-order chi connectivity index (χ0) is 19.6. The molecule has 1 amide bonds. The van der Waals surface area contributed by atoms with Gasteiger partial charge in [-0.25, -0.2) is 0 Å². The Balaban J connectivity index is 1.99. The van der Waals surface area contributed by atoms with Crippen molar-refractivity contribution < 1.29 is 27.8 Å². The van der Waals surface area contributed by atoms with Crippen LogP contribution in [0.25, 0.3) is 0 Å². The molecular weight excluding hydrogens is 356 g/mol. The number of benzene rings is 2. The fraction of sp³-hybridized carbons (Fsp3) is 0.350. The second kappa shape index (κ2) is 10.4. The second-order valence-corrected chi connectivity index (χ2v) is 5.65. The number of rotatable bonds is 10. The third kappa shape index (κ3) is 6.44. The first-order valence-electron chi connectivity index (χ1n) is 8.75. The maximum Gasteiger partial charge on any atom is 0.387 e. The van der Waals surface area contributed by atoms with Crippen LogP contribution in [0.3, 0.4) is 0 Å². The highest BCUT2D eigenvalue weighted by molar-refractivity contribution is 5.94. The standard InChI is InChI=1S/C20H23F2NO4/c1-3-11-26-17-10-7-15(12-18(17)25-4-2)19(24)23-13-14-5-8-16(9-6-14)27-20(21)22/h5-10,12,20H,3-4,11,13H2,1-2H3,(H,23,24). The SMILES string of the molecule is CCCOc1ccc(C(=O)NCc2ccc(OC(F)F)cc2)cc1OCC. The quantitative estimate of drug-likeness (QED) is 0.665. The Hall–Kier alpha value is -2.83. The summed E-state index contributed by atoms with van der Waals surface area (Å²) in [6.45, 7) is 2.29. The Bertz CT molecular complexity index is 735. The number of halogens is 2. The van der Waals surface area contributed by atoms with E-state index in [0.29, 0.717) is 30.3 Å². The van der Waals surface area contributed by atoms with Gasteiger partial charge in [0, 0.05) is 12.1 Å². The molecule has 2 aromatic carbocycles. The lowest BCUT2D eigenvalue weighted by Crippen LogP contribution is -2.22. The Labute approximate surface area is 157 Å². The molecule has 0 unspecified atom stereocenters. The summed E-state index contributed by atoms with van der Waals surface area (Å²) in [5.74, 6) is 0.923. The fourth-order valence-electron chi connectivity index (χ4n) is 2.32. The van der Waals surface area contributed by atoms with E-state index in [1.165, 1.54) is 12.1 Å². The lowest BCUT2D eigenvalue weighted by Gasteiger charge is -2.13. The molecule has 0 aliphatic heterocycles. The first kappa shape index (κ1) is 20.5. The van der Waals surface area contributed by atoms with Crippen molar-refractivity contribution in [2.24, 2.45) is 0 Å². The Kier molecular flexibility index (Phi) is 7.85. The fourth-order valence-corrected chi connectivity index (χ4v) is 2.32. The van der Waals surface area contributed by atoms with Crippen LogP contribution in [-0.4, -0.2) is 25.7 Å². The number of nitrogens with one attached hydrogen (secondary N) is 1. The number of hydrogen-bond acceptors (Lipinski definition) is 4. The number of amides is 1. The summed E-state index contributed by atoms with van der Waals surface area (Å²) in [5, 5.41) is 2.78. The van der Waals surface area contributed by atoms with Crippen LogP contribution in [0.4, 0.5) is 8.78 Å². The van der Waals surface area contributed by atoms with Gasteiger partial charge in [-0.3, -0.25) is 4.79 Å². The Morgan fingerprint density at radius 3 is 2.41 bits per heavy atom. The van der Waals surface area contributed by atoms with E-state index in [9.17, 15) is 13.6 Å². The van der Waals surface area contributed by atoms with Gasteiger partial charge in [0.2, 0.25) is 0 Å². The average molecular weight is 379 g/mol. The maximum absolute atomic E-state index is 12.4. The Morgan fingerprint density at radius 2 is 1.78 bits per heavy atom. The highest BCUT2D eigenvalue weighted by Crippen LogP contribution is 2.28. The topological polar surface area (TPSA) is 56.8 Å². The van der Waals surface area contributed by atoms with Gasteiger partial charge in [-0.05, 0) is 49.2 Å². The van der Waals surface area contributed by atoms with E-state index in [1.54, 1.807) is 30.3 Å². The highest BCUT2D eigenvalue weighted by Gasteiger charge is 2.12. The van der Waals surface area contributed by atoms with Crippen molar-refractivity contribution >= 4 is 5.91 Å². The van der Waals surface area contributed by atoms with Gasteiger partial charge in [0.1, 0.15) is 5.75 Å². The minimum Gasteiger partial charge on any atom is -0.490 e. The molecule has 0 bridgehead atoms. The molecule has 2 rings (SSSR count). The van der Waals surface area contributed by atoms with E-state index in [4.69, 9.17) is 9.47 Å². The van der Waals surface area contributed by atoms with Crippen LogP contribution >= 0.6 is 0 Å². The molecule has 0 aliphatic rings. The van der Waals surface area contributed by atoms with Crippen molar-refractivity contribution in [2.75, 3.05) is 13.2 Å². The highest BCUT2D eigenvalue weighted by atomic mass is 19.3. The molecule has 0 saturated heterocycles. The van der Waals surface area contributed by atoms with Gasteiger partial charge >= 0.3 is 6.61 Å². The predicted octanol–water partition coefficient (Wildman–Crippen LogP) is 4.41. The summed E-state index contributed by atoms with van der Waals surface area (Å²) in [6, 6.07) is 11.1. The number of alkyl halides is 2. The van der Waals surface area contributed by atoms with E-state index < -0.39 is 6.61 Å². The molecule has 0 fully saturated rings. The van der Waals surface area contributed by atoms with E-state index >= 15 is 0 Å². The molecule has 0 saturated carbocycles. The van der Waals surface area contributed by atoms with Crippen LogP contribution in [0.1, 0.15) is 36.2 Å². The number of ether oxygens (including phenoxy) is 3. The maximum atomic E-state index is 12.4. The molecule has 146 valence electrons. The summed E-state index contributed by atoms with van der Waals surface area (Å²) in [5.41, 5.74) is 1.21. The third-order valence-electron chi connectivity index (χ3n) is 3.57. The monoisotopic (exact) mass is 379 g/mol. The van der Waals surface area contributed by atoms with Crippen molar-refractivity contribution in [3.63, 3.8) is 0 Å². The van der Waals surface area contributed by atoms with Crippen LogP contribution in [0.15, 0.2) is 42.5 Å². The minimum atomic E-state index is -2.86. The molecule has 0 aromatic heterocycles. The number of carbonyl (C=O) groups excluding carboxylic acids is 1. The molecule has 0 aliphatic carbocycles. The van der Waals surface area contributed by atoms with E-state index in [0.717, 1.165) is 12.0 Å². The summed E-state index contributed by atoms with van der Waals surface area (Å²) in [4.78, 5) is 12.4. The van der Waals surface area contributed by atoms with Crippen LogP contribution in [-0.2, 0) is 6.54 Å². The minimum absolute atomic E-state index is 0.0732. The normalized spacial score (nSPS) is 10.6. The third-order valence-corrected chi connectivity index (χ3v) is 3.57. The van der Waals surface area contributed by atoms with Gasteiger partial charge in [0.25, 0.3) is 5.91 Å². The van der Waals surface area contributed by atoms with Crippen molar-refractivity contribution in [1.82, 2.24) is 5.32 Å². The van der Waals surface area contributed by atoms with Crippen molar-refractivity contribution in [2.45, 2.75) is 33.4 Å². The molecule has 0 radical (unpaired) electrons. The van der Waals surface area contributed by atoms with Crippen molar-refractivity contribution in [3.05, 3.63) is 53.6 Å². The van der Waals surface area contributed by atoms with E-state index in [1.807, 2.05) is 13.8 Å². The van der Waals surface area contributed by atoms with Gasteiger partial charge in [0.15, 0.2) is 11.5 Å². The summed E-state index contributed by atoms with van der Waals surface area (Å²) < 4.78 is 39.8. The molecule has 5 nitrogen and oxygen atoms in total. The van der Waals surface area contributed by atoms with Crippen molar-refractivity contribution in [1.29, 1.82) is 0 Å². The van der Waals surface area contributed by atoms with E-state index in [2.05, 4.69) is 10.1 Å². The zero-order valence-corrected chi connectivity index (χ0v) is 15.3. The van der Waals surface area contributed by atoms with Crippen LogP contribution < -0.4 is 19.5 Å². The van der Waals surface area contributed by atoms with Gasteiger partial charge < -0.3 is 19.5 Å². The number of hydrogen-bond donors (Lipinski definition) is 1. The average Bonchev–Trinajstić information content (AvgIpc) is 2.66. The molecule has 7 heteroatoms. The lowest BCUT2D eigenvalue weighted by molar-refractivity contribution is -0.0498. The molecule has 27 heavy (non-hydrogen) atoms. The Morgan fingerprint density at radius 1 is 1.04 bits per heavy atom. The van der Waals surface area contributed by atoms with Crippen LogP contribution in [0.2, 0.25) is 0 Å². The summed E-state index contributed by atoms with van der Waals surface area (Å²) in [6.07, 6.45) is 0.870. The lowest BCUT2D eigenvalue weighted by atomic mass is 10.1. The summed E-state index contributed by atoms with van der Waals surface area (Å²) in [7, 11) is 0. The molecule has 2 aromatic rings.